The average Bonchev–Trinajstić information content (AvgIpc) is 1.82. The number of rotatable bonds is 3. The van der Waals surface area contributed by atoms with Crippen LogP contribution >= 0.6 is 0 Å². The molecular weight excluding hydrogens is 153 g/mol. The molecule has 1 aliphatic rings. The molecule has 1 heterocycles. The minimum absolute atomic E-state index is 0.593. The van der Waals surface area contributed by atoms with Crippen molar-refractivity contribution in [2.24, 2.45) is 5.92 Å². The van der Waals surface area contributed by atoms with E-state index >= 15 is 0 Å². The molecule has 0 aromatic heterocycles. The number of allylic oxidation sites excluding steroid dienone is 1. The first-order valence-corrected chi connectivity index (χ1v) is 4.57. The van der Waals surface area contributed by atoms with Crippen LogP contribution in [0.4, 0.5) is 4.39 Å². The quantitative estimate of drug-likeness (QED) is 0.589. The van der Waals surface area contributed by atoms with Gasteiger partial charge in [-0.05, 0) is 12.8 Å². The number of hydrogen-bond donors (Lipinski definition) is 0. The van der Waals surface area contributed by atoms with Crippen LogP contribution in [0.2, 0.25) is 0 Å². The Morgan fingerprint density at radius 3 is 2.50 bits per heavy atom. The minimum atomic E-state index is -0.925. The van der Waals surface area contributed by atoms with Crippen LogP contribution in [0.5, 0.6) is 0 Å². The smallest absolute Gasteiger partial charge is 0.133 e. The van der Waals surface area contributed by atoms with Crippen molar-refractivity contribution in [1.82, 2.24) is 4.90 Å². The zero-order chi connectivity index (χ0) is 9.19. The van der Waals surface area contributed by atoms with Gasteiger partial charge in [-0.1, -0.05) is 26.0 Å². The van der Waals surface area contributed by atoms with Crippen molar-refractivity contribution in [1.29, 1.82) is 0 Å². The predicted octanol–water partition coefficient (Wildman–Crippen LogP) is 2.24. The molecule has 1 aliphatic heterocycles. The highest BCUT2D eigenvalue weighted by atomic mass is 19.1. The maximum absolute atomic E-state index is 13.0. The first-order valence-electron chi connectivity index (χ1n) is 4.57. The molecule has 0 N–H and O–H groups in total. The molecule has 0 unspecified atom stereocenters. The summed E-state index contributed by atoms with van der Waals surface area (Å²) in [6.45, 7) is 8.04. The van der Waals surface area contributed by atoms with E-state index in [2.05, 4.69) is 30.9 Å². The van der Waals surface area contributed by atoms with Crippen LogP contribution < -0.4 is 0 Å². The van der Waals surface area contributed by atoms with Crippen molar-refractivity contribution < 1.29 is 4.39 Å². The molecule has 0 spiro atoms. The molecular formula is C10H18FN. The second-order valence-electron chi connectivity index (χ2n) is 4.26. The van der Waals surface area contributed by atoms with Crippen LogP contribution in [0.3, 0.4) is 0 Å². The van der Waals surface area contributed by atoms with Crippen LogP contribution in [0.25, 0.3) is 0 Å². The molecule has 12 heavy (non-hydrogen) atoms. The lowest BCUT2D eigenvalue weighted by Crippen LogP contribution is -2.56. The van der Waals surface area contributed by atoms with E-state index in [1.807, 2.05) is 0 Å². The van der Waals surface area contributed by atoms with Gasteiger partial charge in [0.05, 0.1) is 0 Å². The van der Waals surface area contributed by atoms with Gasteiger partial charge in [-0.25, -0.2) is 4.39 Å². The third-order valence-electron chi connectivity index (χ3n) is 1.99. The van der Waals surface area contributed by atoms with E-state index in [0.29, 0.717) is 19.0 Å². The molecule has 70 valence electrons. The van der Waals surface area contributed by atoms with E-state index in [1.54, 1.807) is 6.92 Å². The Bertz CT molecular complexity index is 165. The van der Waals surface area contributed by atoms with Gasteiger partial charge in [0, 0.05) is 19.6 Å². The summed E-state index contributed by atoms with van der Waals surface area (Å²) in [6, 6.07) is 0. The van der Waals surface area contributed by atoms with Gasteiger partial charge >= 0.3 is 0 Å². The number of alkyl halides is 1. The number of likely N-dealkylation sites (tertiary alicyclic amines) is 1. The van der Waals surface area contributed by atoms with Gasteiger partial charge in [0.15, 0.2) is 0 Å². The molecule has 1 fully saturated rings. The lowest BCUT2D eigenvalue weighted by molar-refractivity contribution is -0.00936. The van der Waals surface area contributed by atoms with E-state index in [0.717, 1.165) is 6.54 Å². The lowest BCUT2D eigenvalue weighted by atomic mass is 9.99. The van der Waals surface area contributed by atoms with Crippen molar-refractivity contribution in [3.63, 3.8) is 0 Å². The minimum Gasteiger partial charge on any atom is -0.293 e. The van der Waals surface area contributed by atoms with Crippen molar-refractivity contribution in [3.8, 4) is 0 Å². The largest absolute Gasteiger partial charge is 0.293 e. The molecule has 0 radical (unpaired) electrons. The fourth-order valence-electron chi connectivity index (χ4n) is 1.50. The Balaban J connectivity index is 2.12. The zero-order valence-corrected chi connectivity index (χ0v) is 8.18. The summed E-state index contributed by atoms with van der Waals surface area (Å²) in [7, 11) is 0. The fraction of sp³-hybridized carbons (Fsp3) is 0.800. The second-order valence-corrected chi connectivity index (χ2v) is 4.26. The third-order valence-corrected chi connectivity index (χ3v) is 1.99. The van der Waals surface area contributed by atoms with Crippen molar-refractivity contribution in [2.75, 3.05) is 19.6 Å². The van der Waals surface area contributed by atoms with E-state index in [-0.39, 0.29) is 0 Å². The fourth-order valence-corrected chi connectivity index (χ4v) is 1.50. The number of halogens is 1. The number of nitrogens with zero attached hydrogens (tertiary/aromatic N) is 1. The predicted molar refractivity (Wildman–Crippen MR) is 49.9 cm³/mol. The molecule has 0 saturated carbocycles. The van der Waals surface area contributed by atoms with Gasteiger partial charge in [0.2, 0.25) is 0 Å². The highest BCUT2D eigenvalue weighted by Crippen LogP contribution is 2.23. The van der Waals surface area contributed by atoms with Crippen LogP contribution in [-0.2, 0) is 0 Å². The summed E-state index contributed by atoms with van der Waals surface area (Å²) in [4.78, 5) is 2.11. The molecule has 1 saturated heterocycles. The first kappa shape index (κ1) is 9.72. The highest BCUT2D eigenvalue weighted by molar-refractivity contribution is 4.96. The van der Waals surface area contributed by atoms with E-state index in [1.165, 1.54) is 0 Å². The van der Waals surface area contributed by atoms with Gasteiger partial charge in [-0.3, -0.25) is 4.90 Å². The van der Waals surface area contributed by atoms with Crippen molar-refractivity contribution in [3.05, 3.63) is 12.2 Å². The van der Waals surface area contributed by atoms with Crippen molar-refractivity contribution >= 4 is 0 Å². The SMILES string of the molecule is CC(C)/C=C/CN1CC(C)(F)C1. The van der Waals surface area contributed by atoms with Crippen LogP contribution in [0, 0.1) is 5.92 Å². The summed E-state index contributed by atoms with van der Waals surface area (Å²) < 4.78 is 13.0. The third kappa shape index (κ3) is 2.94. The second kappa shape index (κ2) is 3.56. The number of hydrogen-bond acceptors (Lipinski definition) is 1. The maximum atomic E-state index is 13.0. The first-order chi connectivity index (χ1) is 5.49. The molecule has 0 bridgehead atoms. The Kier molecular flexibility index (Phi) is 2.89. The van der Waals surface area contributed by atoms with Gasteiger partial charge < -0.3 is 0 Å². The molecule has 0 aromatic carbocycles. The van der Waals surface area contributed by atoms with Crippen molar-refractivity contribution in [2.45, 2.75) is 26.4 Å². The topological polar surface area (TPSA) is 3.24 Å². The van der Waals surface area contributed by atoms with Crippen LogP contribution in [-0.4, -0.2) is 30.2 Å². The molecule has 0 aliphatic carbocycles. The average molecular weight is 171 g/mol. The lowest BCUT2D eigenvalue weighted by Gasteiger charge is -2.41. The summed E-state index contributed by atoms with van der Waals surface area (Å²) in [5, 5.41) is 0. The van der Waals surface area contributed by atoms with E-state index < -0.39 is 5.67 Å². The maximum Gasteiger partial charge on any atom is 0.133 e. The van der Waals surface area contributed by atoms with Gasteiger partial charge in [-0.15, -0.1) is 0 Å². The summed E-state index contributed by atoms with van der Waals surface area (Å²) >= 11 is 0. The molecule has 1 rings (SSSR count). The Hall–Kier alpha value is -0.370. The van der Waals surface area contributed by atoms with E-state index in [9.17, 15) is 4.39 Å². The Morgan fingerprint density at radius 1 is 1.50 bits per heavy atom. The summed E-state index contributed by atoms with van der Waals surface area (Å²) in [5.41, 5.74) is -0.925. The molecule has 0 aromatic rings. The normalized spacial score (nSPS) is 23.4. The Labute approximate surface area is 74.3 Å². The summed E-state index contributed by atoms with van der Waals surface area (Å²) in [6.07, 6.45) is 4.29. The van der Waals surface area contributed by atoms with Crippen LogP contribution in [0.15, 0.2) is 12.2 Å². The monoisotopic (exact) mass is 171 g/mol. The molecule has 1 nitrogen and oxygen atoms in total. The molecule has 0 atom stereocenters. The van der Waals surface area contributed by atoms with Gasteiger partial charge in [0.1, 0.15) is 5.67 Å². The zero-order valence-electron chi connectivity index (χ0n) is 8.18. The van der Waals surface area contributed by atoms with Crippen LogP contribution in [0.1, 0.15) is 20.8 Å². The van der Waals surface area contributed by atoms with Gasteiger partial charge in [0.25, 0.3) is 0 Å². The van der Waals surface area contributed by atoms with Gasteiger partial charge in [-0.2, -0.15) is 0 Å². The highest BCUT2D eigenvalue weighted by Gasteiger charge is 2.37. The standard InChI is InChI=1S/C10H18FN/c1-9(2)5-4-6-12-7-10(3,11)8-12/h4-5,9H,6-8H2,1-3H3/b5-4+. The molecule has 2 heteroatoms. The van der Waals surface area contributed by atoms with E-state index in [4.69, 9.17) is 0 Å². The Morgan fingerprint density at radius 2 is 2.08 bits per heavy atom. The molecule has 0 amide bonds. The summed E-state index contributed by atoms with van der Waals surface area (Å²) in [5.74, 6) is 0.600.